The highest BCUT2D eigenvalue weighted by atomic mass is 35.5. The lowest BCUT2D eigenvalue weighted by molar-refractivity contribution is 0.102. The second-order valence-corrected chi connectivity index (χ2v) is 7.04. The molecule has 2 aromatic carbocycles. The molecule has 0 radical (unpaired) electrons. The summed E-state index contributed by atoms with van der Waals surface area (Å²) in [4.78, 5) is 12.7. The lowest BCUT2D eigenvalue weighted by atomic mass is 10.1. The highest BCUT2D eigenvalue weighted by Crippen LogP contribution is 2.38. The van der Waals surface area contributed by atoms with E-state index in [1.807, 2.05) is 38.1 Å². The maximum absolute atomic E-state index is 12.7. The van der Waals surface area contributed by atoms with Gasteiger partial charge in [-0.05, 0) is 44.2 Å². The summed E-state index contributed by atoms with van der Waals surface area (Å²) in [7, 11) is 0. The quantitative estimate of drug-likeness (QED) is 0.688. The van der Waals surface area contributed by atoms with Crippen molar-refractivity contribution >= 4 is 23.2 Å². The van der Waals surface area contributed by atoms with Gasteiger partial charge in [-0.3, -0.25) is 4.79 Å². The topological polar surface area (TPSA) is 65.4 Å². The average molecular weight is 398 g/mol. The van der Waals surface area contributed by atoms with Crippen molar-refractivity contribution in [3.8, 4) is 17.2 Å². The maximum Gasteiger partial charge on any atom is 0.276 e. The van der Waals surface area contributed by atoms with Crippen molar-refractivity contribution in [2.45, 2.75) is 26.4 Å². The lowest BCUT2D eigenvalue weighted by Crippen LogP contribution is -2.14. The molecule has 0 spiro atoms. The first kappa shape index (κ1) is 18.4. The van der Waals surface area contributed by atoms with Crippen LogP contribution in [0.4, 0.5) is 5.69 Å². The Kier molecular flexibility index (Phi) is 4.96. The van der Waals surface area contributed by atoms with Crippen molar-refractivity contribution in [2.24, 2.45) is 0 Å². The summed E-state index contributed by atoms with van der Waals surface area (Å²) >= 11 is 6.03. The molecule has 1 aromatic heterocycles. The predicted molar refractivity (Wildman–Crippen MR) is 108 cm³/mol. The Morgan fingerprint density at radius 2 is 2.21 bits per heavy atom. The fourth-order valence-corrected chi connectivity index (χ4v) is 3.39. The molecule has 28 heavy (non-hydrogen) atoms. The smallest absolute Gasteiger partial charge is 0.276 e. The Balaban J connectivity index is 1.58. The fourth-order valence-electron chi connectivity index (χ4n) is 3.21. The van der Waals surface area contributed by atoms with Gasteiger partial charge in [0.1, 0.15) is 17.6 Å². The van der Waals surface area contributed by atoms with Gasteiger partial charge in [0.15, 0.2) is 5.69 Å². The van der Waals surface area contributed by atoms with Crippen molar-refractivity contribution in [1.82, 2.24) is 9.78 Å². The summed E-state index contributed by atoms with van der Waals surface area (Å²) in [6.07, 6.45) is 2.66. The first-order chi connectivity index (χ1) is 13.5. The van der Waals surface area contributed by atoms with E-state index in [4.69, 9.17) is 21.1 Å². The molecule has 144 valence electrons. The molecule has 4 rings (SSSR count). The Hall–Kier alpha value is -2.99. The van der Waals surface area contributed by atoms with E-state index in [0.717, 1.165) is 23.4 Å². The van der Waals surface area contributed by atoms with E-state index in [1.54, 1.807) is 29.1 Å². The van der Waals surface area contributed by atoms with Crippen molar-refractivity contribution in [3.05, 3.63) is 64.9 Å². The van der Waals surface area contributed by atoms with Gasteiger partial charge in [0.2, 0.25) is 0 Å². The third kappa shape index (κ3) is 3.68. The molecular formula is C21H20ClN3O3. The molecule has 0 aliphatic carbocycles. The van der Waals surface area contributed by atoms with E-state index in [1.165, 1.54) is 0 Å². The van der Waals surface area contributed by atoms with Crippen LogP contribution in [0, 0.1) is 0 Å². The van der Waals surface area contributed by atoms with Gasteiger partial charge in [-0.15, -0.1) is 0 Å². The van der Waals surface area contributed by atoms with E-state index in [9.17, 15) is 4.79 Å². The Bertz CT molecular complexity index is 1030. The maximum atomic E-state index is 12.7. The molecule has 1 aliphatic heterocycles. The van der Waals surface area contributed by atoms with Crippen molar-refractivity contribution in [1.29, 1.82) is 0 Å². The highest BCUT2D eigenvalue weighted by Gasteiger charge is 2.23. The molecule has 0 saturated heterocycles. The SMILES string of the molecule is CCOc1cc2c(cc1NC(=O)c1ccn(-c3cccc(Cl)c3)n1)O[C@@H](C)C2. The molecular weight excluding hydrogens is 378 g/mol. The third-order valence-corrected chi connectivity index (χ3v) is 4.68. The van der Waals surface area contributed by atoms with Crippen molar-refractivity contribution in [3.63, 3.8) is 0 Å². The first-order valence-corrected chi connectivity index (χ1v) is 9.50. The highest BCUT2D eigenvalue weighted by molar-refractivity contribution is 6.30. The number of amides is 1. The minimum Gasteiger partial charge on any atom is -0.492 e. The number of carbonyl (C=O) groups excluding carboxylic acids is 1. The van der Waals surface area contributed by atoms with Crippen molar-refractivity contribution < 1.29 is 14.3 Å². The van der Waals surface area contributed by atoms with Gasteiger partial charge >= 0.3 is 0 Å². The normalized spacial score (nSPS) is 15.0. The second kappa shape index (κ2) is 7.56. The van der Waals surface area contributed by atoms with Crippen LogP contribution < -0.4 is 14.8 Å². The molecule has 2 heterocycles. The molecule has 3 aromatic rings. The Morgan fingerprint density at radius 1 is 1.36 bits per heavy atom. The van der Waals surface area contributed by atoms with Crippen LogP contribution in [0.25, 0.3) is 5.69 Å². The summed E-state index contributed by atoms with van der Waals surface area (Å²) in [5.41, 5.74) is 2.72. The summed E-state index contributed by atoms with van der Waals surface area (Å²) in [5.74, 6) is 1.07. The zero-order valence-corrected chi connectivity index (χ0v) is 16.4. The Labute approximate surface area is 168 Å². The van der Waals surface area contributed by atoms with E-state index in [-0.39, 0.29) is 17.7 Å². The van der Waals surface area contributed by atoms with Gasteiger partial charge in [0, 0.05) is 29.3 Å². The number of ether oxygens (including phenoxy) is 2. The van der Waals surface area contributed by atoms with Crippen LogP contribution in [-0.4, -0.2) is 28.4 Å². The van der Waals surface area contributed by atoms with Crippen LogP contribution in [0.15, 0.2) is 48.7 Å². The number of nitrogens with zero attached hydrogens (tertiary/aromatic N) is 2. The summed E-state index contributed by atoms with van der Waals surface area (Å²) in [6.45, 7) is 4.42. The van der Waals surface area contributed by atoms with Gasteiger partial charge in [-0.1, -0.05) is 17.7 Å². The standard InChI is InChI=1S/C21H20ClN3O3/c1-3-27-20-10-14-9-13(2)28-19(14)12-18(20)23-21(26)17-7-8-25(24-17)16-6-4-5-15(22)11-16/h4-8,10-13H,3,9H2,1-2H3,(H,23,26)/t13-/m0/s1. The second-order valence-electron chi connectivity index (χ2n) is 6.60. The minimum atomic E-state index is -0.326. The third-order valence-electron chi connectivity index (χ3n) is 4.44. The number of hydrogen-bond donors (Lipinski definition) is 1. The van der Waals surface area contributed by atoms with E-state index in [0.29, 0.717) is 23.1 Å². The summed E-state index contributed by atoms with van der Waals surface area (Å²) in [6, 6.07) is 12.7. The number of nitrogens with one attached hydrogen (secondary N) is 1. The van der Waals surface area contributed by atoms with E-state index >= 15 is 0 Å². The molecule has 1 amide bonds. The van der Waals surface area contributed by atoms with Gasteiger partial charge in [0.05, 0.1) is 18.0 Å². The number of benzene rings is 2. The molecule has 0 unspecified atom stereocenters. The summed E-state index contributed by atoms with van der Waals surface area (Å²) in [5, 5.41) is 7.84. The molecule has 0 bridgehead atoms. The van der Waals surface area contributed by atoms with Gasteiger partial charge in [-0.25, -0.2) is 4.68 Å². The van der Waals surface area contributed by atoms with Crippen molar-refractivity contribution in [2.75, 3.05) is 11.9 Å². The molecule has 1 atom stereocenters. The molecule has 7 heteroatoms. The van der Waals surface area contributed by atoms with Gasteiger partial charge < -0.3 is 14.8 Å². The van der Waals surface area contributed by atoms with Crippen LogP contribution in [0.5, 0.6) is 11.5 Å². The minimum absolute atomic E-state index is 0.115. The van der Waals surface area contributed by atoms with Crippen LogP contribution in [0.1, 0.15) is 29.9 Å². The van der Waals surface area contributed by atoms with Crippen LogP contribution in [-0.2, 0) is 6.42 Å². The van der Waals surface area contributed by atoms with Crippen LogP contribution in [0.2, 0.25) is 5.02 Å². The number of anilines is 1. The zero-order chi connectivity index (χ0) is 19.7. The Morgan fingerprint density at radius 3 is 3.00 bits per heavy atom. The first-order valence-electron chi connectivity index (χ1n) is 9.13. The number of halogens is 1. The number of rotatable bonds is 5. The number of carbonyl (C=O) groups is 1. The summed E-state index contributed by atoms with van der Waals surface area (Å²) < 4.78 is 13.1. The predicted octanol–water partition coefficient (Wildman–Crippen LogP) is 4.50. The van der Waals surface area contributed by atoms with Gasteiger partial charge in [0.25, 0.3) is 5.91 Å². The van der Waals surface area contributed by atoms with E-state index in [2.05, 4.69) is 10.4 Å². The molecule has 0 saturated carbocycles. The number of hydrogen-bond acceptors (Lipinski definition) is 4. The molecule has 1 aliphatic rings. The monoisotopic (exact) mass is 397 g/mol. The number of aromatic nitrogens is 2. The van der Waals surface area contributed by atoms with Crippen LogP contribution in [0.3, 0.4) is 0 Å². The van der Waals surface area contributed by atoms with Gasteiger partial charge in [-0.2, -0.15) is 5.10 Å². The van der Waals surface area contributed by atoms with E-state index < -0.39 is 0 Å². The molecule has 6 nitrogen and oxygen atoms in total. The lowest BCUT2D eigenvalue weighted by Gasteiger charge is -2.13. The average Bonchev–Trinajstić information content (AvgIpc) is 3.28. The fraction of sp³-hybridized carbons (Fsp3) is 0.238. The molecule has 0 fully saturated rings. The number of fused-ring (bicyclic) bond motifs is 1. The molecule has 1 N–H and O–H groups in total. The zero-order valence-electron chi connectivity index (χ0n) is 15.6. The van der Waals surface area contributed by atoms with Crippen LogP contribution >= 0.6 is 11.6 Å². The largest absolute Gasteiger partial charge is 0.492 e.